The van der Waals surface area contributed by atoms with Crippen molar-refractivity contribution in [1.29, 1.82) is 0 Å². The van der Waals surface area contributed by atoms with Crippen molar-refractivity contribution < 1.29 is 19.8 Å². The minimum Gasteiger partial charge on any atom is -0.396 e. The molecule has 0 bridgehead atoms. The van der Waals surface area contributed by atoms with Crippen LogP contribution in [0, 0.1) is 0 Å². The number of hydrogen-bond acceptors (Lipinski definition) is 8. The molecular weight excluding hydrogens is 613 g/mol. The molecule has 0 heterocycles. The molecule has 8 heteroatoms. The van der Waals surface area contributed by atoms with Crippen molar-refractivity contribution in [2.45, 2.75) is 63.2 Å². The number of nitrogens with one attached hydrogen (secondary N) is 2. The van der Waals surface area contributed by atoms with Crippen LogP contribution in [-0.4, -0.2) is 46.5 Å². The van der Waals surface area contributed by atoms with E-state index in [1.807, 2.05) is 12.1 Å². The van der Waals surface area contributed by atoms with Crippen molar-refractivity contribution in [2.24, 2.45) is 0 Å². The Morgan fingerprint density at radius 1 is 0.565 bits per heavy atom. The highest BCUT2D eigenvalue weighted by molar-refractivity contribution is 8.02. The Morgan fingerprint density at radius 3 is 1.22 bits per heavy atom. The van der Waals surface area contributed by atoms with Gasteiger partial charge in [0.1, 0.15) is 0 Å². The molecule has 0 fully saturated rings. The number of para-hydroxylation sites is 2. The van der Waals surface area contributed by atoms with Gasteiger partial charge in [0, 0.05) is 43.8 Å². The molecule has 4 aromatic rings. The van der Waals surface area contributed by atoms with E-state index in [0.717, 1.165) is 69.1 Å². The summed E-state index contributed by atoms with van der Waals surface area (Å²) in [6.45, 7) is 8.42. The number of aliphatic hydroxyl groups is 2. The van der Waals surface area contributed by atoms with Crippen molar-refractivity contribution in [1.82, 2.24) is 0 Å². The summed E-state index contributed by atoms with van der Waals surface area (Å²) in [5, 5.41) is 26.3. The van der Waals surface area contributed by atoms with Crippen LogP contribution in [0.5, 0.6) is 0 Å². The van der Waals surface area contributed by atoms with Gasteiger partial charge in [0.25, 0.3) is 0 Å². The maximum atomic E-state index is 14.7. The van der Waals surface area contributed by atoms with E-state index >= 15 is 0 Å². The topological polar surface area (TPSA) is 98.7 Å². The van der Waals surface area contributed by atoms with Gasteiger partial charge < -0.3 is 20.8 Å². The zero-order valence-corrected chi connectivity index (χ0v) is 28.6. The van der Waals surface area contributed by atoms with Crippen LogP contribution in [0.3, 0.4) is 0 Å². The summed E-state index contributed by atoms with van der Waals surface area (Å²) in [6.07, 6.45) is 3.28. The van der Waals surface area contributed by atoms with Crippen LogP contribution in [0.2, 0.25) is 0 Å². The normalized spacial score (nSPS) is 12.2. The van der Waals surface area contributed by atoms with Crippen LogP contribution in [0.1, 0.15) is 81.8 Å². The average Bonchev–Trinajstić information content (AvgIpc) is 3.09. The van der Waals surface area contributed by atoms with Crippen molar-refractivity contribution >= 4 is 57.8 Å². The number of aryl methyl sites for hydroxylation is 4. The van der Waals surface area contributed by atoms with Gasteiger partial charge in [-0.15, -0.1) is 23.5 Å². The van der Waals surface area contributed by atoms with Crippen LogP contribution in [-0.2, 0) is 25.7 Å². The van der Waals surface area contributed by atoms with E-state index in [-0.39, 0.29) is 24.8 Å². The quantitative estimate of drug-likeness (QED) is 0.0887. The van der Waals surface area contributed by atoms with Gasteiger partial charge in [0.15, 0.2) is 11.6 Å². The Hall–Kier alpha value is -3.56. The van der Waals surface area contributed by atoms with E-state index in [9.17, 15) is 19.8 Å². The fourth-order valence-corrected chi connectivity index (χ4v) is 7.88. The summed E-state index contributed by atoms with van der Waals surface area (Å²) in [4.78, 5) is 30.9. The van der Waals surface area contributed by atoms with Crippen LogP contribution in [0.15, 0.2) is 70.5 Å². The predicted molar refractivity (Wildman–Crippen MR) is 192 cm³/mol. The summed E-state index contributed by atoms with van der Waals surface area (Å²) in [6, 6.07) is 19.9. The first-order valence-corrected chi connectivity index (χ1v) is 18.0. The molecule has 240 valence electrons. The number of rotatable bonds is 14. The Bertz CT molecular complexity index is 1600. The van der Waals surface area contributed by atoms with E-state index in [2.05, 4.69) is 74.7 Å². The van der Waals surface area contributed by atoms with E-state index < -0.39 is 0 Å². The molecule has 0 amide bonds. The molecule has 0 saturated heterocycles. The molecule has 0 saturated carbocycles. The molecule has 4 N–H and O–H groups in total. The lowest BCUT2D eigenvalue weighted by molar-refractivity contribution is 0.0979. The van der Waals surface area contributed by atoms with Crippen molar-refractivity contribution in [3.8, 4) is 0 Å². The molecule has 0 aliphatic heterocycles. The lowest BCUT2D eigenvalue weighted by atomic mass is 9.82. The minimum absolute atomic E-state index is 0.0136. The third kappa shape index (κ3) is 6.63. The van der Waals surface area contributed by atoms with Crippen molar-refractivity contribution in [3.05, 3.63) is 105 Å². The standard InChI is InChI=1S/C38H42N2O4S2/c1-5-23-11-9-12-24(6-2)35(23)39-29-15-16-30(40-36-25(7-3)13-10-14-26(36)8-4)34-33(29)37(43)27-21-31(45-19-17-41)32(46-20-18-42)22-28(27)38(34)44/h9-16,21-22,39-42H,5-8,17-20H2,1-4H3. The molecule has 6 nitrogen and oxygen atoms in total. The van der Waals surface area contributed by atoms with Gasteiger partial charge in [0.05, 0.1) is 35.7 Å². The SMILES string of the molecule is CCc1cccc(CC)c1Nc1ccc(Nc2c(CC)cccc2CC)c2c1C(=O)c1cc(SCCO)c(SCCO)cc1C2=O. The largest absolute Gasteiger partial charge is 0.396 e. The molecule has 46 heavy (non-hydrogen) atoms. The second-order valence-corrected chi connectivity index (χ2v) is 13.4. The molecule has 1 aliphatic carbocycles. The third-order valence-corrected chi connectivity index (χ3v) is 10.6. The number of aliphatic hydroxyl groups excluding tert-OH is 2. The van der Waals surface area contributed by atoms with Gasteiger partial charge >= 0.3 is 0 Å². The predicted octanol–water partition coefficient (Wildman–Crippen LogP) is 8.37. The van der Waals surface area contributed by atoms with Crippen LogP contribution in [0.25, 0.3) is 0 Å². The first-order valence-electron chi connectivity index (χ1n) is 16.1. The number of carbonyl (C=O) groups excluding carboxylic acids is 2. The molecule has 4 aromatic carbocycles. The summed E-state index contributed by atoms with van der Waals surface area (Å²) < 4.78 is 0. The van der Waals surface area contributed by atoms with Gasteiger partial charge in [0.2, 0.25) is 0 Å². The summed E-state index contributed by atoms with van der Waals surface area (Å²) in [5.74, 6) is 0.475. The van der Waals surface area contributed by atoms with Crippen LogP contribution < -0.4 is 10.6 Å². The van der Waals surface area contributed by atoms with Gasteiger partial charge in [-0.25, -0.2) is 0 Å². The molecular formula is C38H42N2O4S2. The fraction of sp³-hybridized carbons (Fsp3) is 0.316. The first-order chi connectivity index (χ1) is 22.4. The Kier molecular flexibility index (Phi) is 11.3. The monoisotopic (exact) mass is 654 g/mol. The highest BCUT2D eigenvalue weighted by Crippen LogP contribution is 2.43. The Balaban J connectivity index is 1.74. The first kappa shape index (κ1) is 33.8. The van der Waals surface area contributed by atoms with Gasteiger partial charge in [-0.1, -0.05) is 64.1 Å². The maximum Gasteiger partial charge on any atom is 0.196 e. The number of thioether (sulfide) groups is 2. The number of ketones is 2. The average molecular weight is 655 g/mol. The Labute approximate surface area is 280 Å². The number of fused-ring (bicyclic) bond motifs is 2. The fourth-order valence-electron chi connectivity index (χ4n) is 6.10. The molecule has 0 radical (unpaired) electrons. The maximum absolute atomic E-state index is 14.7. The summed E-state index contributed by atoms with van der Waals surface area (Å²) in [5.41, 5.74) is 9.14. The highest BCUT2D eigenvalue weighted by atomic mass is 32.2. The zero-order valence-electron chi connectivity index (χ0n) is 27.0. The van der Waals surface area contributed by atoms with Crippen molar-refractivity contribution in [2.75, 3.05) is 35.4 Å². The number of hydrogen-bond donors (Lipinski definition) is 4. The molecule has 5 rings (SSSR count). The molecule has 0 atom stereocenters. The van der Waals surface area contributed by atoms with Crippen molar-refractivity contribution in [3.63, 3.8) is 0 Å². The molecule has 1 aliphatic rings. The van der Waals surface area contributed by atoms with Gasteiger partial charge in [-0.2, -0.15) is 0 Å². The molecule has 0 spiro atoms. The summed E-state index contributed by atoms with van der Waals surface area (Å²) >= 11 is 2.88. The second kappa shape index (κ2) is 15.4. The van der Waals surface area contributed by atoms with E-state index in [4.69, 9.17) is 0 Å². The van der Waals surface area contributed by atoms with E-state index in [1.54, 1.807) is 12.1 Å². The Morgan fingerprint density at radius 2 is 0.913 bits per heavy atom. The zero-order chi connectivity index (χ0) is 32.8. The lowest BCUT2D eigenvalue weighted by Gasteiger charge is -2.27. The second-order valence-electron chi connectivity index (χ2n) is 11.1. The molecule has 0 unspecified atom stereocenters. The van der Waals surface area contributed by atoms with Gasteiger partial charge in [-0.05, 0) is 72.2 Å². The minimum atomic E-state index is -0.216. The van der Waals surface area contributed by atoms with E-state index in [1.165, 1.54) is 23.5 Å². The van der Waals surface area contributed by atoms with Gasteiger partial charge in [-0.3, -0.25) is 9.59 Å². The summed E-state index contributed by atoms with van der Waals surface area (Å²) in [7, 11) is 0. The van der Waals surface area contributed by atoms with Crippen LogP contribution >= 0.6 is 23.5 Å². The third-order valence-electron chi connectivity index (χ3n) is 8.45. The highest BCUT2D eigenvalue weighted by Gasteiger charge is 2.36. The number of benzene rings is 4. The van der Waals surface area contributed by atoms with E-state index in [0.29, 0.717) is 45.1 Å². The lowest BCUT2D eigenvalue weighted by Crippen LogP contribution is -2.24. The number of carbonyl (C=O) groups is 2. The smallest absolute Gasteiger partial charge is 0.196 e. The number of anilines is 4. The molecule has 0 aromatic heterocycles. The van der Waals surface area contributed by atoms with Crippen LogP contribution in [0.4, 0.5) is 22.7 Å².